The van der Waals surface area contributed by atoms with Crippen LogP contribution in [0.25, 0.3) is 0 Å². The fraction of sp³-hybridized carbons (Fsp3) is 0.714. The molecule has 1 atom stereocenters. The molecule has 2 aliphatic heterocycles. The van der Waals surface area contributed by atoms with Crippen LogP contribution in [0.1, 0.15) is 31.2 Å². The Labute approximate surface area is 201 Å². The second-order valence-electron chi connectivity index (χ2n) is 8.16. The number of halogens is 1. The SMILES string of the molecule is CCNC(=NCC(=O)N1CCc2sccc2C1)NCC1CN(CC(C)C)CCO1.I. The van der Waals surface area contributed by atoms with Crippen LogP contribution >= 0.6 is 35.3 Å². The van der Waals surface area contributed by atoms with Gasteiger partial charge in [-0.25, -0.2) is 4.99 Å². The predicted octanol–water partition coefficient (Wildman–Crippen LogP) is 2.16. The van der Waals surface area contributed by atoms with Gasteiger partial charge < -0.3 is 20.3 Å². The van der Waals surface area contributed by atoms with Gasteiger partial charge in [0, 0.05) is 50.7 Å². The number of guanidine groups is 1. The first-order valence-electron chi connectivity index (χ1n) is 10.7. The van der Waals surface area contributed by atoms with Crippen LogP contribution in [0.3, 0.4) is 0 Å². The first-order valence-corrected chi connectivity index (χ1v) is 11.6. The summed E-state index contributed by atoms with van der Waals surface area (Å²) >= 11 is 1.79. The molecule has 3 rings (SSSR count). The Morgan fingerprint density at radius 3 is 2.97 bits per heavy atom. The van der Waals surface area contributed by atoms with E-state index in [1.165, 1.54) is 10.4 Å². The van der Waals surface area contributed by atoms with Crippen molar-refractivity contribution < 1.29 is 9.53 Å². The maximum Gasteiger partial charge on any atom is 0.244 e. The summed E-state index contributed by atoms with van der Waals surface area (Å²) in [6.45, 7) is 13.4. The third-order valence-electron chi connectivity index (χ3n) is 5.22. The molecule has 1 aromatic heterocycles. The number of nitrogens with one attached hydrogen (secondary N) is 2. The Hall–Kier alpha value is -0.910. The molecule has 30 heavy (non-hydrogen) atoms. The van der Waals surface area contributed by atoms with Crippen LogP contribution in [-0.4, -0.2) is 80.2 Å². The van der Waals surface area contributed by atoms with Gasteiger partial charge >= 0.3 is 0 Å². The van der Waals surface area contributed by atoms with Gasteiger partial charge in [0.25, 0.3) is 0 Å². The molecule has 1 amide bonds. The largest absolute Gasteiger partial charge is 0.374 e. The molecular formula is C21H36IN5O2S. The first-order chi connectivity index (χ1) is 14.0. The number of fused-ring (bicyclic) bond motifs is 1. The third-order valence-corrected chi connectivity index (χ3v) is 6.24. The number of morpholine rings is 1. The zero-order chi connectivity index (χ0) is 20.6. The second kappa shape index (κ2) is 12.8. The molecule has 0 bridgehead atoms. The molecule has 1 aromatic rings. The summed E-state index contributed by atoms with van der Waals surface area (Å²) in [5, 5.41) is 8.70. The Bertz CT molecular complexity index is 697. The van der Waals surface area contributed by atoms with Crippen molar-refractivity contribution in [3.05, 3.63) is 21.9 Å². The summed E-state index contributed by atoms with van der Waals surface area (Å²) in [5.74, 6) is 1.42. The highest BCUT2D eigenvalue weighted by atomic mass is 127. The molecule has 1 unspecified atom stereocenters. The van der Waals surface area contributed by atoms with E-state index in [1.807, 2.05) is 11.8 Å². The van der Waals surface area contributed by atoms with Gasteiger partial charge in [-0.1, -0.05) is 13.8 Å². The third kappa shape index (κ3) is 7.65. The number of hydrogen-bond acceptors (Lipinski definition) is 5. The smallest absolute Gasteiger partial charge is 0.244 e. The molecule has 0 spiro atoms. The molecule has 1 fully saturated rings. The van der Waals surface area contributed by atoms with Crippen molar-refractivity contribution in [1.82, 2.24) is 20.4 Å². The van der Waals surface area contributed by atoms with Crippen LogP contribution in [0.15, 0.2) is 16.4 Å². The Kier molecular flexibility index (Phi) is 10.8. The summed E-state index contributed by atoms with van der Waals surface area (Å²) in [4.78, 5) is 22.9. The number of rotatable bonds is 7. The van der Waals surface area contributed by atoms with Crippen molar-refractivity contribution in [3.8, 4) is 0 Å². The molecular weight excluding hydrogens is 513 g/mol. The molecule has 170 valence electrons. The molecule has 9 heteroatoms. The van der Waals surface area contributed by atoms with Crippen molar-refractivity contribution in [3.63, 3.8) is 0 Å². The lowest BCUT2D eigenvalue weighted by Gasteiger charge is -2.34. The topological polar surface area (TPSA) is 69.2 Å². The minimum atomic E-state index is 0. The Morgan fingerprint density at radius 2 is 2.20 bits per heavy atom. The quantitative estimate of drug-likeness (QED) is 0.310. The van der Waals surface area contributed by atoms with E-state index < -0.39 is 0 Å². The van der Waals surface area contributed by atoms with Crippen molar-refractivity contribution in [2.75, 3.05) is 52.4 Å². The lowest BCUT2D eigenvalue weighted by atomic mass is 10.1. The average Bonchev–Trinajstić information content (AvgIpc) is 3.17. The van der Waals surface area contributed by atoms with E-state index in [9.17, 15) is 4.79 Å². The summed E-state index contributed by atoms with van der Waals surface area (Å²) in [7, 11) is 0. The molecule has 0 saturated carbocycles. The van der Waals surface area contributed by atoms with E-state index in [4.69, 9.17) is 4.74 Å². The maximum atomic E-state index is 12.6. The van der Waals surface area contributed by atoms with Crippen LogP contribution in [0.2, 0.25) is 0 Å². The van der Waals surface area contributed by atoms with Crippen molar-refractivity contribution in [2.24, 2.45) is 10.9 Å². The minimum Gasteiger partial charge on any atom is -0.374 e. The molecule has 7 nitrogen and oxygen atoms in total. The zero-order valence-electron chi connectivity index (χ0n) is 18.4. The van der Waals surface area contributed by atoms with Gasteiger partial charge in [-0.2, -0.15) is 0 Å². The van der Waals surface area contributed by atoms with E-state index in [0.717, 1.165) is 45.8 Å². The molecule has 0 radical (unpaired) electrons. The van der Waals surface area contributed by atoms with Crippen molar-refractivity contribution in [1.29, 1.82) is 0 Å². The normalized spacial score (nSPS) is 19.9. The van der Waals surface area contributed by atoms with Crippen LogP contribution in [-0.2, 0) is 22.5 Å². The summed E-state index contributed by atoms with van der Waals surface area (Å²) in [6.07, 6.45) is 1.09. The second-order valence-corrected chi connectivity index (χ2v) is 9.16. The number of ether oxygens (including phenoxy) is 1. The van der Waals surface area contributed by atoms with Gasteiger partial charge in [0.1, 0.15) is 6.54 Å². The minimum absolute atomic E-state index is 0. The summed E-state index contributed by atoms with van der Waals surface area (Å²) in [6, 6.07) is 2.13. The number of amides is 1. The highest BCUT2D eigenvalue weighted by molar-refractivity contribution is 14.0. The van der Waals surface area contributed by atoms with E-state index in [0.29, 0.717) is 25.0 Å². The number of nitrogens with zero attached hydrogens (tertiary/aromatic N) is 3. The molecule has 2 N–H and O–H groups in total. The monoisotopic (exact) mass is 549 g/mol. The number of carbonyl (C=O) groups is 1. The van der Waals surface area contributed by atoms with Crippen LogP contribution in [0.5, 0.6) is 0 Å². The fourth-order valence-electron chi connectivity index (χ4n) is 3.85. The van der Waals surface area contributed by atoms with Gasteiger partial charge in [0.2, 0.25) is 5.91 Å². The number of aliphatic imine (C=N–C) groups is 1. The lowest BCUT2D eigenvalue weighted by molar-refractivity contribution is -0.130. The van der Waals surface area contributed by atoms with Crippen LogP contribution in [0, 0.1) is 5.92 Å². The summed E-state index contributed by atoms with van der Waals surface area (Å²) < 4.78 is 5.90. The molecule has 0 aromatic carbocycles. The van der Waals surface area contributed by atoms with Gasteiger partial charge in [-0.15, -0.1) is 35.3 Å². The van der Waals surface area contributed by atoms with E-state index in [-0.39, 0.29) is 42.5 Å². The molecule has 1 saturated heterocycles. The summed E-state index contributed by atoms with van der Waals surface area (Å²) in [5.41, 5.74) is 1.28. The van der Waals surface area contributed by atoms with Crippen LogP contribution in [0.4, 0.5) is 0 Å². The number of carbonyl (C=O) groups excluding carboxylic acids is 1. The number of hydrogen-bond donors (Lipinski definition) is 2. The van der Waals surface area contributed by atoms with Gasteiger partial charge in [-0.05, 0) is 36.3 Å². The highest BCUT2D eigenvalue weighted by Gasteiger charge is 2.22. The van der Waals surface area contributed by atoms with E-state index in [2.05, 4.69) is 45.8 Å². The zero-order valence-corrected chi connectivity index (χ0v) is 21.5. The van der Waals surface area contributed by atoms with Gasteiger partial charge in [-0.3, -0.25) is 9.69 Å². The Balaban J connectivity index is 0.00000320. The molecule has 3 heterocycles. The van der Waals surface area contributed by atoms with Gasteiger partial charge in [0.15, 0.2) is 5.96 Å². The average molecular weight is 550 g/mol. The molecule has 0 aliphatic carbocycles. The first kappa shape index (κ1) is 25.4. The van der Waals surface area contributed by atoms with Crippen molar-refractivity contribution in [2.45, 2.75) is 39.8 Å². The Morgan fingerprint density at radius 1 is 1.37 bits per heavy atom. The van der Waals surface area contributed by atoms with E-state index in [1.54, 1.807) is 11.3 Å². The highest BCUT2D eigenvalue weighted by Crippen LogP contribution is 2.23. The standard InChI is InChI=1S/C21H35N5O2S.HI/c1-4-22-21(23-11-18-15-25(8-9-28-18)13-16(2)3)24-12-20(27)26-7-5-19-17(14-26)6-10-29-19;/h6,10,16,18H,4-5,7-9,11-15H2,1-3H3,(H2,22,23,24);1H. The van der Waals surface area contributed by atoms with E-state index >= 15 is 0 Å². The van der Waals surface area contributed by atoms with Crippen LogP contribution < -0.4 is 10.6 Å². The number of thiophene rings is 1. The predicted molar refractivity (Wildman–Crippen MR) is 134 cm³/mol. The fourth-order valence-corrected chi connectivity index (χ4v) is 4.74. The molecule has 2 aliphatic rings. The van der Waals surface area contributed by atoms with Gasteiger partial charge in [0.05, 0.1) is 12.7 Å². The maximum absolute atomic E-state index is 12.6. The lowest BCUT2D eigenvalue weighted by Crippen LogP contribution is -2.50. The van der Waals surface area contributed by atoms with Crippen molar-refractivity contribution >= 4 is 47.2 Å².